The lowest BCUT2D eigenvalue weighted by Gasteiger charge is -2.35. The molecule has 3 rings (SSSR count). The van der Waals surface area contributed by atoms with Crippen molar-refractivity contribution in [2.24, 2.45) is 0 Å². The van der Waals surface area contributed by atoms with Crippen molar-refractivity contribution in [3.05, 3.63) is 76.1 Å². The first-order valence-electron chi connectivity index (χ1n) is 11.1. The molecular weight excluding hydrogens is 468 g/mol. The summed E-state index contributed by atoms with van der Waals surface area (Å²) < 4.78 is 12.0. The Morgan fingerprint density at radius 2 is 1.79 bits per heavy atom. The molecular formula is C26H31ClN2O4Si. The number of carboxylic acid groups (broad SMARTS) is 1. The monoisotopic (exact) mass is 498 g/mol. The second-order valence-corrected chi connectivity index (χ2v) is 15.0. The molecule has 34 heavy (non-hydrogen) atoms. The number of aromatic nitrogens is 2. The number of hydrogen-bond acceptors (Lipinski definition) is 5. The number of aliphatic carboxylic acids is 1. The normalized spacial score (nSPS) is 13.0. The first-order valence-corrected chi connectivity index (χ1v) is 14.4. The Kier molecular flexibility index (Phi) is 7.80. The minimum absolute atomic E-state index is 0.0832. The second kappa shape index (κ2) is 10.3. The molecule has 0 saturated carbocycles. The minimum Gasteiger partial charge on any atom is -0.478 e. The van der Waals surface area contributed by atoms with Crippen molar-refractivity contribution >= 4 is 31.5 Å². The van der Waals surface area contributed by atoms with Gasteiger partial charge in [0.05, 0.1) is 0 Å². The summed E-state index contributed by atoms with van der Waals surface area (Å²) in [6.45, 7) is 12.9. The summed E-state index contributed by atoms with van der Waals surface area (Å²) >= 11 is 6.57. The van der Waals surface area contributed by atoms with Crippen molar-refractivity contribution in [1.82, 2.24) is 10.2 Å². The van der Waals surface area contributed by atoms with Crippen LogP contribution in [0.15, 0.2) is 58.5 Å². The van der Waals surface area contributed by atoms with E-state index in [0.29, 0.717) is 45.5 Å². The van der Waals surface area contributed by atoms with Gasteiger partial charge in [-0.3, -0.25) is 0 Å². The van der Waals surface area contributed by atoms with Crippen LogP contribution in [0.3, 0.4) is 0 Å². The van der Waals surface area contributed by atoms with Crippen molar-refractivity contribution in [1.29, 1.82) is 0 Å². The lowest BCUT2D eigenvalue weighted by molar-refractivity contribution is -0.132. The van der Waals surface area contributed by atoms with E-state index in [-0.39, 0.29) is 11.6 Å². The molecule has 0 unspecified atom stereocenters. The number of allylic oxidation sites excluding steroid dienone is 1. The third-order valence-corrected chi connectivity index (χ3v) is 11.2. The fourth-order valence-corrected chi connectivity index (χ4v) is 4.41. The second-order valence-electron chi connectivity index (χ2n) is 9.82. The Bertz CT molecular complexity index is 1200. The van der Waals surface area contributed by atoms with Gasteiger partial charge in [-0.25, -0.2) is 4.79 Å². The van der Waals surface area contributed by atoms with Gasteiger partial charge in [0.1, 0.15) is 6.61 Å². The van der Waals surface area contributed by atoms with E-state index in [1.165, 1.54) is 0 Å². The summed E-state index contributed by atoms with van der Waals surface area (Å²) in [5, 5.41) is 18.6. The summed E-state index contributed by atoms with van der Waals surface area (Å²) in [6.07, 6.45) is 0.307. The van der Waals surface area contributed by atoms with Gasteiger partial charge in [0.15, 0.2) is 8.32 Å². The molecule has 1 N–H and O–H groups in total. The summed E-state index contributed by atoms with van der Waals surface area (Å²) in [5.74, 6) is -0.219. The van der Waals surface area contributed by atoms with E-state index in [4.69, 9.17) is 20.4 Å². The molecule has 0 amide bonds. The highest BCUT2D eigenvalue weighted by atomic mass is 35.5. The molecule has 6 nitrogen and oxygen atoms in total. The van der Waals surface area contributed by atoms with E-state index < -0.39 is 14.3 Å². The predicted molar refractivity (Wildman–Crippen MR) is 137 cm³/mol. The van der Waals surface area contributed by atoms with E-state index >= 15 is 0 Å². The summed E-state index contributed by atoms with van der Waals surface area (Å²) in [4.78, 5) is 12.0. The van der Waals surface area contributed by atoms with Crippen LogP contribution in [0.2, 0.25) is 23.2 Å². The lowest BCUT2D eigenvalue weighted by atomic mass is 9.95. The summed E-state index contributed by atoms with van der Waals surface area (Å²) in [6, 6.07) is 14.8. The Balaban J connectivity index is 1.82. The standard InChI is InChI=1S/C26H31ClN2O4Si/c1-17(21(25(30)31)14-18-10-8-7-9-11-18)20-13-12-19(15-22(20)27)24-29-28-23(33-24)16-32-34(5,6)26(2,3)4/h7-13,15H,14,16H2,1-6H3,(H,30,31)/b21-17+. The van der Waals surface area contributed by atoms with Crippen LogP contribution >= 0.6 is 11.6 Å². The van der Waals surface area contributed by atoms with Crippen LogP contribution in [-0.4, -0.2) is 29.6 Å². The van der Waals surface area contributed by atoms with E-state index in [2.05, 4.69) is 44.1 Å². The largest absolute Gasteiger partial charge is 0.478 e. The fraction of sp³-hybridized carbons (Fsp3) is 0.346. The molecule has 2 aromatic carbocycles. The van der Waals surface area contributed by atoms with E-state index in [1.54, 1.807) is 25.1 Å². The molecule has 8 heteroatoms. The van der Waals surface area contributed by atoms with Crippen molar-refractivity contribution < 1.29 is 18.7 Å². The van der Waals surface area contributed by atoms with E-state index in [1.807, 2.05) is 30.3 Å². The quantitative estimate of drug-likeness (QED) is 0.265. The maximum absolute atomic E-state index is 12.0. The zero-order chi connectivity index (χ0) is 25.1. The first-order chi connectivity index (χ1) is 15.9. The summed E-state index contributed by atoms with van der Waals surface area (Å²) in [5.41, 5.74) is 3.14. The van der Waals surface area contributed by atoms with Crippen molar-refractivity contribution in [3.63, 3.8) is 0 Å². The highest BCUT2D eigenvalue weighted by Crippen LogP contribution is 2.37. The molecule has 0 aliphatic carbocycles. The van der Waals surface area contributed by atoms with Crippen LogP contribution < -0.4 is 0 Å². The van der Waals surface area contributed by atoms with E-state index in [0.717, 1.165) is 5.56 Å². The van der Waals surface area contributed by atoms with Gasteiger partial charge < -0.3 is 13.9 Å². The van der Waals surface area contributed by atoms with Crippen molar-refractivity contribution in [2.75, 3.05) is 0 Å². The van der Waals surface area contributed by atoms with Gasteiger partial charge in [0.2, 0.25) is 11.8 Å². The van der Waals surface area contributed by atoms with Crippen molar-refractivity contribution in [2.45, 2.75) is 58.9 Å². The number of carboxylic acids is 1. The number of carbonyl (C=O) groups is 1. The minimum atomic E-state index is -1.94. The Labute approximate surface area is 206 Å². The lowest BCUT2D eigenvalue weighted by Crippen LogP contribution is -2.40. The zero-order valence-corrected chi connectivity index (χ0v) is 22.2. The van der Waals surface area contributed by atoms with Gasteiger partial charge in [-0.1, -0.05) is 68.8 Å². The maximum atomic E-state index is 12.0. The smallest absolute Gasteiger partial charge is 0.332 e. The molecule has 180 valence electrons. The molecule has 0 aliphatic heterocycles. The average molecular weight is 499 g/mol. The SMILES string of the molecule is C/C(=C(/Cc1ccccc1)C(=O)O)c1ccc(-c2nnc(CO[Si](C)(C)C(C)(C)C)o2)cc1Cl. The number of benzene rings is 2. The molecule has 0 bridgehead atoms. The predicted octanol–water partition coefficient (Wildman–Crippen LogP) is 7.01. The Morgan fingerprint density at radius 1 is 1.12 bits per heavy atom. The number of nitrogens with zero attached hydrogens (tertiary/aromatic N) is 2. The molecule has 0 radical (unpaired) electrons. The molecule has 0 fully saturated rings. The van der Waals surface area contributed by atoms with Gasteiger partial charge in [-0.2, -0.15) is 0 Å². The topological polar surface area (TPSA) is 85.5 Å². The van der Waals surface area contributed by atoms with Crippen molar-refractivity contribution in [3.8, 4) is 11.5 Å². The fourth-order valence-electron chi connectivity index (χ4n) is 3.17. The van der Waals surface area contributed by atoms with Crippen LogP contribution in [0.1, 0.15) is 44.7 Å². The maximum Gasteiger partial charge on any atom is 0.332 e. The molecule has 1 heterocycles. The van der Waals surface area contributed by atoms with Crippen LogP contribution in [0.4, 0.5) is 0 Å². The zero-order valence-electron chi connectivity index (χ0n) is 20.5. The van der Waals surface area contributed by atoms with Gasteiger partial charge >= 0.3 is 5.97 Å². The first kappa shape index (κ1) is 25.9. The van der Waals surface area contributed by atoms with E-state index in [9.17, 15) is 9.90 Å². The van der Waals surface area contributed by atoms with Crippen LogP contribution in [0.5, 0.6) is 0 Å². The van der Waals surface area contributed by atoms with Gasteiger partial charge in [0, 0.05) is 22.6 Å². The highest BCUT2D eigenvalue weighted by Gasteiger charge is 2.37. The highest BCUT2D eigenvalue weighted by molar-refractivity contribution is 6.74. The molecule has 1 aromatic heterocycles. The average Bonchev–Trinajstić information content (AvgIpc) is 3.24. The van der Waals surface area contributed by atoms with Crippen LogP contribution in [0, 0.1) is 0 Å². The number of hydrogen-bond donors (Lipinski definition) is 1. The molecule has 3 aromatic rings. The number of halogens is 1. The van der Waals surface area contributed by atoms with Crippen LogP contribution in [0.25, 0.3) is 17.0 Å². The van der Waals surface area contributed by atoms with Crippen LogP contribution in [-0.2, 0) is 22.2 Å². The third-order valence-electron chi connectivity index (χ3n) is 6.38. The summed E-state index contributed by atoms with van der Waals surface area (Å²) in [7, 11) is -1.94. The Morgan fingerprint density at radius 3 is 2.38 bits per heavy atom. The molecule has 0 saturated heterocycles. The third kappa shape index (κ3) is 6.03. The molecule has 0 atom stereocenters. The van der Waals surface area contributed by atoms with Gasteiger partial charge in [-0.15, -0.1) is 10.2 Å². The number of rotatable bonds is 8. The molecule has 0 spiro atoms. The van der Waals surface area contributed by atoms with Gasteiger partial charge in [-0.05, 0) is 53.9 Å². The van der Waals surface area contributed by atoms with Gasteiger partial charge in [0.25, 0.3) is 0 Å². The molecule has 0 aliphatic rings. The Hall–Kier alpha value is -2.74.